The lowest BCUT2D eigenvalue weighted by Crippen LogP contribution is -2.30. The van der Waals surface area contributed by atoms with Gasteiger partial charge in [0.1, 0.15) is 5.60 Å². The lowest BCUT2D eigenvalue weighted by molar-refractivity contribution is 0.0663. The van der Waals surface area contributed by atoms with Crippen molar-refractivity contribution in [2.45, 2.75) is 18.4 Å². The van der Waals surface area contributed by atoms with Crippen molar-refractivity contribution in [2.24, 2.45) is 0 Å². The predicted octanol–water partition coefficient (Wildman–Crippen LogP) is 4.40. The van der Waals surface area contributed by atoms with Gasteiger partial charge in [-0.2, -0.15) is 0 Å². The van der Waals surface area contributed by atoms with E-state index in [1.165, 1.54) is 0 Å². The molecule has 120 valence electrons. The molecule has 1 N–H and O–H groups in total. The molecule has 1 atom stereocenters. The van der Waals surface area contributed by atoms with Crippen LogP contribution in [0.5, 0.6) is 0 Å². The Kier molecular flexibility index (Phi) is 4.58. The Morgan fingerprint density at radius 2 is 1.70 bits per heavy atom. The van der Waals surface area contributed by atoms with Crippen molar-refractivity contribution in [1.82, 2.24) is 4.90 Å². The van der Waals surface area contributed by atoms with Gasteiger partial charge in [-0.15, -0.1) is 0 Å². The van der Waals surface area contributed by atoms with Crippen LogP contribution in [0.15, 0.2) is 42.5 Å². The second kappa shape index (κ2) is 6.48. The van der Waals surface area contributed by atoms with Gasteiger partial charge in [0.25, 0.3) is 0 Å². The molecule has 0 bridgehead atoms. The zero-order chi connectivity index (χ0) is 16.4. The molecule has 0 amide bonds. The first-order valence-corrected chi connectivity index (χ1v) is 8.33. The Balaban J connectivity index is 2.12. The second-order valence-electron chi connectivity index (χ2n) is 6.42. The van der Waals surface area contributed by atoms with Crippen LogP contribution in [0.25, 0.3) is 12.2 Å². The van der Waals surface area contributed by atoms with Crippen LogP contribution in [-0.2, 0) is 5.60 Å². The normalized spacial score (nSPS) is 19.3. The van der Waals surface area contributed by atoms with Crippen LogP contribution in [0.2, 0.25) is 5.02 Å². The summed E-state index contributed by atoms with van der Waals surface area (Å²) in [6.07, 6.45) is 5.71. The maximum Gasteiger partial charge on any atom is 0.116 e. The van der Waals surface area contributed by atoms with E-state index in [1.807, 2.05) is 36.4 Å². The molecule has 0 saturated heterocycles. The zero-order valence-electron chi connectivity index (χ0n) is 13.6. The van der Waals surface area contributed by atoms with Gasteiger partial charge in [0.05, 0.1) is 0 Å². The summed E-state index contributed by atoms with van der Waals surface area (Å²) in [5.41, 5.74) is 2.92. The quantitative estimate of drug-likeness (QED) is 0.899. The molecular weight excluding hydrogens is 306 g/mol. The standard InChI is InChI=1S/C20H22ClNO/c1-22(2)13-5-12-20(23)18-7-4-3-6-15(18)8-9-16-10-11-17(21)14-19(16)20/h3-4,6-11,14,23H,5,12-13H2,1-2H3/t20-/m1/s1. The number of rotatable bonds is 4. The number of hydrogen-bond acceptors (Lipinski definition) is 2. The number of halogens is 1. The maximum absolute atomic E-state index is 11.7. The van der Waals surface area contributed by atoms with Crippen molar-refractivity contribution in [2.75, 3.05) is 20.6 Å². The van der Waals surface area contributed by atoms with E-state index in [2.05, 4.69) is 37.2 Å². The molecule has 0 unspecified atom stereocenters. The summed E-state index contributed by atoms with van der Waals surface area (Å²) in [6.45, 7) is 0.938. The zero-order valence-corrected chi connectivity index (χ0v) is 14.3. The highest BCUT2D eigenvalue weighted by Gasteiger charge is 2.35. The van der Waals surface area contributed by atoms with Gasteiger partial charge in [-0.3, -0.25) is 0 Å². The molecule has 3 rings (SSSR count). The van der Waals surface area contributed by atoms with Gasteiger partial charge in [0.2, 0.25) is 0 Å². The van der Waals surface area contributed by atoms with E-state index in [9.17, 15) is 5.11 Å². The van der Waals surface area contributed by atoms with E-state index in [1.54, 1.807) is 0 Å². The number of benzene rings is 2. The molecule has 1 aliphatic rings. The summed E-state index contributed by atoms with van der Waals surface area (Å²) < 4.78 is 0. The third-order valence-corrected chi connectivity index (χ3v) is 4.69. The van der Waals surface area contributed by atoms with Crippen molar-refractivity contribution < 1.29 is 5.11 Å². The fourth-order valence-electron chi connectivity index (χ4n) is 3.30. The fraction of sp³-hybridized carbons (Fsp3) is 0.300. The van der Waals surface area contributed by atoms with E-state index < -0.39 is 5.60 Å². The van der Waals surface area contributed by atoms with Crippen LogP contribution in [-0.4, -0.2) is 30.6 Å². The van der Waals surface area contributed by atoms with E-state index in [-0.39, 0.29) is 0 Å². The van der Waals surface area contributed by atoms with Gasteiger partial charge in [0, 0.05) is 5.02 Å². The van der Waals surface area contributed by atoms with Crippen LogP contribution < -0.4 is 0 Å². The van der Waals surface area contributed by atoms with Gasteiger partial charge >= 0.3 is 0 Å². The minimum absolute atomic E-state index is 0.655. The summed E-state index contributed by atoms with van der Waals surface area (Å²) in [5.74, 6) is 0. The molecule has 1 aliphatic carbocycles. The highest BCUT2D eigenvalue weighted by atomic mass is 35.5. The molecule has 2 aromatic rings. The lowest BCUT2D eigenvalue weighted by Gasteiger charge is -2.31. The molecule has 3 heteroatoms. The van der Waals surface area contributed by atoms with Gasteiger partial charge < -0.3 is 10.0 Å². The molecule has 0 heterocycles. The summed E-state index contributed by atoms with van der Waals surface area (Å²) in [5, 5.41) is 12.3. The molecule has 2 aromatic carbocycles. The van der Waals surface area contributed by atoms with Crippen LogP contribution in [0, 0.1) is 0 Å². The number of hydrogen-bond donors (Lipinski definition) is 1. The molecule has 0 spiro atoms. The monoisotopic (exact) mass is 327 g/mol. The van der Waals surface area contributed by atoms with E-state index >= 15 is 0 Å². The first-order chi connectivity index (χ1) is 11.0. The number of aliphatic hydroxyl groups is 1. The minimum atomic E-state index is -1.02. The largest absolute Gasteiger partial charge is 0.380 e. The number of fused-ring (bicyclic) bond motifs is 2. The van der Waals surface area contributed by atoms with Gasteiger partial charge in [0.15, 0.2) is 0 Å². The Labute approximate surface area is 143 Å². The molecule has 23 heavy (non-hydrogen) atoms. The summed E-state index contributed by atoms with van der Waals surface area (Å²) in [6, 6.07) is 13.8. The molecule has 2 nitrogen and oxygen atoms in total. The Hall–Kier alpha value is -1.61. The minimum Gasteiger partial charge on any atom is -0.380 e. The Morgan fingerprint density at radius 3 is 2.43 bits per heavy atom. The first-order valence-electron chi connectivity index (χ1n) is 7.95. The molecule has 0 radical (unpaired) electrons. The smallest absolute Gasteiger partial charge is 0.116 e. The van der Waals surface area contributed by atoms with E-state index in [0.29, 0.717) is 11.4 Å². The third-order valence-electron chi connectivity index (χ3n) is 4.45. The predicted molar refractivity (Wildman–Crippen MR) is 97.6 cm³/mol. The van der Waals surface area contributed by atoms with Gasteiger partial charge in [-0.05, 0) is 67.9 Å². The average Bonchev–Trinajstić information content (AvgIpc) is 2.64. The highest BCUT2D eigenvalue weighted by molar-refractivity contribution is 6.30. The first kappa shape index (κ1) is 16.3. The highest BCUT2D eigenvalue weighted by Crippen LogP contribution is 2.41. The second-order valence-corrected chi connectivity index (χ2v) is 6.86. The Morgan fingerprint density at radius 1 is 1.00 bits per heavy atom. The van der Waals surface area contributed by atoms with Crippen molar-refractivity contribution in [3.05, 3.63) is 69.7 Å². The summed E-state index contributed by atoms with van der Waals surface area (Å²) >= 11 is 6.23. The molecule has 0 aromatic heterocycles. The topological polar surface area (TPSA) is 23.5 Å². The van der Waals surface area contributed by atoms with Crippen molar-refractivity contribution >= 4 is 23.8 Å². The fourth-order valence-corrected chi connectivity index (χ4v) is 3.47. The van der Waals surface area contributed by atoms with Crippen LogP contribution in [0.1, 0.15) is 35.1 Å². The van der Waals surface area contributed by atoms with E-state index in [0.717, 1.165) is 35.2 Å². The third kappa shape index (κ3) is 3.20. The summed E-state index contributed by atoms with van der Waals surface area (Å²) in [4.78, 5) is 2.14. The molecule has 0 saturated carbocycles. The van der Waals surface area contributed by atoms with Crippen molar-refractivity contribution in [1.29, 1.82) is 0 Å². The average molecular weight is 328 g/mol. The van der Waals surface area contributed by atoms with Crippen LogP contribution in [0.4, 0.5) is 0 Å². The molecule has 0 fully saturated rings. The summed E-state index contributed by atoms with van der Waals surface area (Å²) in [7, 11) is 4.11. The van der Waals surface area contributed by atoms with E-state index in [4.69, 9.17) is 11.6 Å². The van der Waals surface area contributed by atoms with Gasteiger partial charge in [-0.1, -0.05) is 54.1 Å². The van der Waals surface area contributed by atoms with Gasteiger partial charge in [-0.25, -0.2) is 0 Å². The van der Waals surface area contributed by atoms with Crippen molar-refractivity contribution in [3.63, 3.8) is 0 Å². The molecular formula is C20H22ClNO. The number of nitrogens with zero attached hydrogens (tertiary/aromatic N) is 1. The molecule has 0 aliphatic heterocycles. The van der Waals surface area contributed by atoms with Crippen molar-refractivity contribution in [3.8, 4) is 0 Å². The van der Waals surface area contributed by atoms with Crippen LogP contribution in [0.3, 0.4) is 0 Å². The van der Waals surface area contributed by atoms with Crippen LogP contribution >= 0.6 is 11.6 Å². The maximum atomic E-state index is 11.7. The Bertz CT molecular complexity index is 738. The SMILES string of the molecule is CN(C)CCC[C@@]1(O)c2ccccc2C=Cc2ccc(Cl)cc21. The lowest BCUT2D eigenvalue weighted by atomic mass is 9.80.